The first kappa shape index (κ1) is 20.5. The van der Waals surface area contributed by atoms with Crippen molar-refractivity contribution < 1.29 is 19.2 Å². The number of carbonyl (C=O) groups excluding carboxylic acids is 4. The molecule has 10 nitrogen and oxygen atoms in total. The molecule has 0 aliphatic carbocycles. The van der Waals surface area contributed by atoms with Crippen LogP contribution in [0.4, 0.5) is 11.5 Å². The van der Waals surface area contributed by atoms with Gasteiger partial charge in [0.15, 0.2) is 0 Å². The Bertz CT molecular complexity index is 1070. The molecule has 4 rings (SSSR count). The van der Waals surface area contributed by atoms with E-state index in [0.717, 1.165) is 24.0 Å². The first-order chi connectivity index (χ1) is 14.9. The zero-order chi connectivity index (χ0) is 22.0. The molecule has 2 aliphatic rings. The monoisotopic (exact) mass is 422 g/mol. The second kappa shape index (κ2) is 8.50. The van der Waals surface area contributed by atoms with Crippen LogP contribution in [0.2, 0.25) is 0 Å². The van der Waals surface area contributed by atoms with Crippen molar-refractivity contribution in [2.45, 2.75) is 38.1 Å². The summed E-state index contributed by atoms with van der Waals surface area (Å²) in [7, 11) is 0. The third-order valence-electron chi connectivity index (χ3n) is 5.49. The lowest BCUT2D eigenvalue weighted by Gasteiger charge is -2.35. The van der Waals surface area contributed by atoms with Gasteiger partial charge in [-0.2, -0.15) is 0 Å². The largest absolute Gasteiger partial charge is 0.366 e. The van der Waals surface area contributed by atoms with Crippen LogP contribution >= 0.6 is 0 Å². The summed E-state index contributed by atoms with van der Waals surface area (Å²) >= 11 is 0. The van der Waals surface area contributed by atoms with Crippen molar-refractivity contribution in [1.29, 1.82) is 0 Å². The van der Waals surface area contributed by atoms with Crippen LogP contribution in [0.25, 0.3) is 0 Å². The number of anilines is 2. The minimum Gasteiger partial charge on any atom is -0.366 e. The number of likely N-dealkylation sites (tertiary alicyclic amines) is 1. The number of aryl methyl sites for hydroxylation is 1. The van der Waals surface area contributed by atoms with Crippen molar-refractivity contribution in [3.63, 3.8) is 0 Å². The Labute approximate surface area is 178 Å². The maximum Gasteiger partial charge on any atom is 0.313 e. The highest BCUT2D eigenvalue weighted by molar-refractivity contribution is 6.39. The van der Waals surface area contributed by atoms with Gasteiger partial charge in [-0.3, -0.25) is 24.2 Å². The normalized spacial score (nSPS) is 18.0. The SMILES string of the molecule is NC(=O)c1cncc(NC(=O)C(=O)N2CCCC[C@H]2c2cnc3c(c2)CCC(=O)N3)c1. The molecule has 4 amide bonds. The molecule has 31 heavy (non-hydrogen) atoms. The van der Waals surface area contributed by atoms with Gasteiger partial charge in [-0.05, 0) is 48.9 Å². The van der Waals surface area contributed by atoms with Gasteiger partial charge in [-0.25, -0.2) is 4.98 Å². The van der Waals surface area contributed by atoms with Crippen LogP contribution in [0.1, 0.15) is 53.2 Å². The van der Waals surface area contributed by atoms with Crippen LogP contribution in [-0.2, 0) is 20.8 Å². The molecule has 0 radical (unpaired) electrons. The van der Waals surface area contributed by atoms with Crippen LogP contribution in [0.3, 0.4) is 0 Å². The van der Waals surface area contributed by atoms with E-state index in [0.29, 0.717) is 31.6 Å². The lowest BCUT2D eigenvalue weighted by Crippen LogP contribution is -2.44. The second-order valence-corrected chi connectivity index (χ2v) is 7.62. The standard InChI is InChI=1S/C21H22N6O4/c22-18(29)14-8-15(11-23-9-14)25-20(30)21(31)27-6-2-1-3-16(27)13-7-12-4-5-17(28)26-19(12)24-10-13/h7-11,16H,1-6H2,(H2,22,29)(H,25,30)(H,24,26,28)/t16-/m0/s1. The number of nitrogens with zero attached hydrogens (tertiary/aromatic N) is 3. The van der Waals surface area contributed by atoms with E-state index in [1.807, 2.05) is 6.07 Å². The molecular formula is C21H22N6O4. The van der Waals surface area contributed by atoms with Crippen molar-refractivity contribution in [2.75, 3.05) is 17.2 Å². The molecule has 0 bridgehead atoms. The predicted molar refractivity (Wildman–Crippen MR) is 111 cm³/mol. The molecule has 160 valence electrons. The number of primary amides is 1. The van der Waals surface area contributed by atoms with E-state index in [1.54, 1.807) is 11.1 Å². The summed E-state index contributed by atoms with van der Waals surface area (Å²) in [5.41, 5.74) is 7.35. The minimum atomic E-state index is -0.812. The van der Waals surface area contributed by atoms with Crippen LogP contribution in [0.15, 0.2) is 30.7 Å². The fraction of sp³-hybridized carbons (Fsp3) is 0.333. The first-order valence-electron chi connectivity index (χ1n) is 10.1. The van der Waals surface area contributed by atoms with Gasteiger partial charge >= 0.3 is 11.8 Å². The van der Waals surface area contributed by atoms with Crippen molar-refractivity contribution in [3.8, 4) is 0 Å². The molecule has 4 heterocycles. The van der Waals surface area contributed by atoms with Crippen molar-refractivity contribution >= 4 is 35.1 Å². The van der Waals surface area contributed by atoms with Gasteiger partial charge in [0.2, 0.25) is 11.8 Å². The summed E-state index contributed by atoms with van der Waals surface area (Å²) < 4.78 is 0. The van der Waals surface area contributed by atoms with E-state index in [1.165, 1.54) is 18.5 Å². The summed E-state index contributed by atoms with van der Waals surface area (Å²) in [4.78, 5) is 58.2. The Morgan fingerprint density at radius 1 is 1.13 bits per heavy atom. The van der Waals surface area contributed by atoms with Gasteiger partial charge in [0.05, 0.1) is 23.5 Å². The van der Waals surface area contributed by atoms with E-state index in [-0.39, 0.29) is 23.2 Å². The van der Waals surface area contributed by atoms with Crippen LogP contribution in [-0.4, -0.2) is 45.0 Å². The molecule has 4 N–H and O–H groups in total. The van der Waals surface area contributed by atoms with E-state index in [9.17, 15) is 19.2 Å². The summed E-state index contributed by atoms with van der Waals surface area (Å²) in [6, 6.07) is 3.05. The average molecular weight is 422 g/mol. The molecule has 1 saturated heterocycles. The molecular weight excluding hydrogens is 400 g/mol. The summed E-state index contributed by atoms with van der Waals surface area (Å²) in [6.07, 6.45) is 7.69. The molecule has 0 spiro atoms. The zero-order valence-corrected chi connectivity index (χ0v) is 16.8. The van der Waals surface area contributed by atoms with Crippen molar-refractivity contribution in [2.24, 2.45) is 5.73 Å². The molecule has 2 aromatic rings. The smallest absolute Gasteiger partial charge is 0.313 e. The van der Waals surface area contributed by atoms with Crippen molar-refractivity contribution in [1.82, 2.24) is 14.9 Å². The van der Waals surface area contributed by atoms with Gasteiger partial charge in [-0.15, -0.1) is 0 Å². The number of aromatic nitrogens is 2. The third-order valence-corrected chi connectivity index (χ3v) is 5.49. The Balaban J connectivity index is 1.52. The number of carbonyl (C=O) groups is 4. The summed E-state index contributed by atoms with van der Waals surface area (Å²) in [5.74, 6) is -1.67. The van der Waals surface area contributed by atoms with E-state index >= 15 is 0 Å². The lowest BCUT2D eigenvalue weighted by molar-refractivity contribution is -0.145. The third kappa shape index (κ3) is 4.37. The van der Waals surface area contributed by atoms with Crippen LogP contribution < -0.4 is 16.4 Å². The average Bonchev–Trinajstić information content (AvgIpc) is 2.78. The number of hydrogen-bond acceptors (Lipinski definition) is 6. The number of hydrogen-bond donors (Lipinski definition) is 3. The highest BCUT2D eigenvalue weighted by Crippen LogP contribution is 2.33. The van der Waals surface area contributed by atoms with E-state index < -0.39 is 17.7 Å². The molecule has 10 heteroatoms. The molecule has 0 saturated carbocycles. The maximum atomic E-state index is 13.0. The van der Waals surface area contributed by atoms with E-state index in [4.69, 9.17) is 5.73 Å². The maximum absolute atomic E-state index is 13.0. The zero-order valence-electron chi connectivity index (χ0n) is 16.8. The molecule has 0 aromatic carbocycles. The highest BCUT2D eigenvalue weighted by Gasteiger charge is 2.32. The Kier molecular flexibility index (Phi) is 5.61. The number of pyridine rings is 2. The molecule has 1 fully saturated rings. The van der Waals surface area contributed by atoms with Gasteiger partial charge < -0.3 is 21.3 Å². The predicted octanol–water partition coefficient (Wildman–Crippen LogP) is 1.15. The molecule has 0 unspecified atom stereocenters. The summed E-state index contributed by atoms with van der Waals surface area (Å²) in [6.45, 7) is 0.449. The van der Waals surface area contributed by atoms with Crippen LogP contribution in [0.5, 0.6) is 0 Å². The number of piperidine rings is 1. The Morgan fingerprint density at radius 2 is 1.97 bits per heavy atom. The van der Waals surface area contributed by atoms with Gasteiger partial charge in [0.1, 0.15) is 5.82 Å². The fourth-order valence-corrected chi connectivity index (χ4v) is 3.94. The van der Waals surface area contributed by atoms with E-state index in [2.05, 4.69) is 20.6 Å². The van der Waals surface area contributed by atoms with Crippen LogP contribution in [0, 0.1) is 0 Å². The molecule has 1 atom stereocenters. The molecule has 2 aromatic heterocycles. The first-order valence-corrected chi connectivity index (χ1v) is 10.1. The van der Waals surface area contributed by atoms with Gasteiger partial charge in [-0.1, -0.05) is 0 Å². The van der Waals surface area contributed by atoms with Crippen molar-refractivity contribution in [3.05, 3.63) is 47.4 Å². The number of rotatable bonds is 3. The minimum absolute atomic E-state index is 0.0613. The van der Waals surface area contributed by atoms with Gasteiger partial charge in [0.25, 0.3) is 0 Å². The number of amides is 4. The van der Waals surface area contributed by atoms with Gasteiger partial charge in [0, 0.05) is 25.4 Å². The number of nitrogens with one attached hydrogen (secondary N) is 2. The quantitative estimate of drug-likeness (QED) is 0.632. The number of nitrogens with two attached hydrogens (primary N) is 1. The molecule has 2 aliphatic heterocycles. The fourth-order valence-electron chi connectivity index (χ4n) is 3.94. The lowest BCUT2D eigenvalue weighted by atomic mass is 9.94. The second-order valence-electron chi connectivity index (χ2n) is 7.62. The topological polar surface area (TPSA) is 147 Å². The highest BCUT2D eigenvalue weighted by atomic mass is 16.2. The Morgan fingerprint density at radius 3 is 2.77 bits per heavy atom. The Hall–Kier alpha value is -3.82. The summed E-state index contributed by atoms with van der Waals surface area (Å²) in [5, 5.41) is 5.25. The number of fused-ring (bicyclic) bond motifs is 1.